The Balaban J connectivity index is 2.30. The Kier molecular flexibility index (Phi) is 2.86. The standard InChI is InChI=1S/C8H12N4O4/c9-8-11-10-2-6(15)12(8)7-1-4(14)5(3-13)16-7/h2,4-5,7,13-14H,1,3H2,(H2,9,11)/t4-,5+,7+/m0/s1. The van der Waals surface area contributed by atoms with Gasteiger partial charge in [0, 0.05) is 6.42 Å². The van der Waals surface area contributed by atoms with Gasteiger partial charge in [-0.2, -0.15) is 0 Å². The van der Waals surface area contributed by atoms with Crippen molar-refractivity contribution in [3.63, 3.8) is 0 Å². The minimum absolute atomic E-state index is 0.0803. The number of aliphatic hydroxyl groups is 2. The SMILES string of the molecule is Nc1nncc(=O)n1[C@H]1C[C@H](O)[C@@H](CO)O1. The molecule has 3 atom stereocenters. The number of ether oxygens (including phenoxy) is 1. The van der Waals surface area contributed by atoms with Gasteiger partial charge in [0.2, 0.25) is 5.95 Å². The van der Waals surface area contributed by atoms with Crippen LogP contribution in [-0.4, -0.2) is 43.8 Å². The minimum Gasteiger partial charge on any atom is -0.394 e. The second-order valence-corrected chi connectivity index (χ2v) is 3.53. The first-order chi connectivity index (χ1) is 7.63. The molecule has 1 saturated heterocycles. The van der Waals surface area contributed by atoms with Crippen LogP contribution in [0.2, 0.25) is 0 Å². The Bertz CT molecular complexity index is 434. The van der Waals surface area contributed by atoms with Crippen molar-refractivity contribution in [3.05, 3.63) is 16.6 Å². The number of nitrogens with two attached hydrogens (primary N) is 1. The van der Waals surface area contributed by atoms with Crippen molar-refractivity contribution in [2.24, 2.45) is 0 Å². The molecule has 2 rings (SSSR count). The first kappa shape index (κ1) is 11.0. The molecule has 1 fully saturated rings. The molecule has 1 aliphatic heterocycles. The van der Waals surface area contributed by atoms with Gasteiger partial charge in [0.25, 0.3) is 5.56 Å². The molecule has 16 heavy (non-hydrogen) atoms. The molecule has 0 amide bonds. The highest BCUT2D eigenvalue weighted by atomic mass is 16.5. The summed E-state index contributed by atoms with van der Waals surface area (Å²) in [6, 6.07) is 0. The number of rotatable bonds is 2. The molecule has 8 heteroatoms. The number of nitrogens with zero attached hydrogens (tertiary/aromatic N) is 3. The molecule has 0 radical (unpaired) electrons. The van der Waals surface area contributed by atoms with E-state index < -0.39 is 24.0 Å². The van der Waals surface area contributed by atoms with Gasteiger partial charge in [0.05, 0.1) is 12.7 Å². The summed E-state index contributed by atoms with van der Waals surface area (Å²) in [7, 11) is 0. The van der Waals surface area contributed by atoms with Crippen molar-refractivity contribution in [3.8, 4) is 0 Å². The van der Waals surface area contributed by atoms with E-state index in [0.717, 1.165) is 10.8 Å². The van der Waals surface area contributed by atoms with Gasteiger partial charge in [-0.1, -0.05) is 0 Å². The molecule has 4 N–H and O–H groups in total. The van der Waals surface area contributed by atoms with Crippen molar-refractivity contribution in [1.82, 2.24) is 14.8 Å². The maximum absolute atomic E-state index is 11.5. The van der Waals surface area contributed by atoms with E-state index in [0.29, 0.717) is 0 Å². The van der Waals surface area contributed by atoms with Crippen molar-refractivity contribution in [2.75, 3.05) is 12.3 Å². The zero-order valence-corrected chi connectivity index (χ0v) is 8.35. The highest BCUT2D eigenvalue weighted by Gasteiger charge is 2.35. The molecule has 0 unspecified atom stereocenters. The van der Waals surface area contributed by atoms with Crippen LogP contribution in [0.25, 0.3) is 0 Å². The molecule has 0 aliphatic carbocycles. The summed E-state index contributed by atoms with van der Waals surface area (Å²) in [5.41, 5.74) is 5.04. The normalized spacial score (nSPS) is 29.5. The van der Waals surface area contributed by atoms with Crippen LogP contribution < -0.4 is 11.3 Å². The minimum atomic E-state index is -0.825. The van der Waals surface area contributed by atoms with Crippen molar-refractivity contribution in [1.29, 1.82) is 0 Å². The Labute approximate surface area is 90.3 Å². The molecule has 2 heterocycles. The van der Waals surface area contributed by atoms with E-state index in [9.17, 15) is 9.90 Å². The molecule has 8 nitrogen and oxygen atoms in total. The Morgan fingerprint density at radius 1 is 1.69 bits per heavy atom. The van der Waals surface area contributed by atoms with E-state index in [1.807, 2.05) is 0 Å². The van der Waals surface area contributed by atoms with Crippen LogP contribution in [0.1, 0.15) is 12.6 Å². The summed E-state index contributed by atoms with van der Waals surface area (Å²) in [6.07, 6.45) is -1.05. The first-order valence-electron chi connectivity index (χ1n) is 4.77. The summed E-state index contributed by atoms with van der Waals surface area (Å²) in [5, 5.41) is 25.4. The predicted molar refractivity (Wildman–Crippen MR) is 52.3 cm³/mol. The lowest BCUT2D eigenvalue weighted by Crippen LogP contribution is -2.29. The highest BCUT2D eigenvalue weighted by Crippen LogP contribution is 2.28. The van der Waals surface area contributed by atoms with Crippen LogP contribution in [0.15, 0.2) is 11.0 Å². The average Bonchev–Trinajstić information content (AvgIpc) is 2.59. The quantitative estimate of drug-likeness (QED) is 0.527. The van der Waals surface area contributed by atoms with Crippen LogP contribution in [-0.2, 0) is 4.74 Å². The van der Waals surface area contributed by atoms with Gasteiger partial charge in [-0.05, 0) is 0 Å². The van der Waals surface area contributed by atoms with E-state index >= 15 is 0 Å². The molecular weight excluding hydrogens is 216 g/mol. The van der Waals surface area contributed by atoms with Gasteiger partial charge in [0.1, 0.15) is 18.5 Å². The van der Waals surface area contributed by atoms with E-state index in [2.05, 4.69) is 10.2 Å². The van der Waals surface area contributed by atoms with Crippen molar-refractivity contribution in [2.45, 2.75) is 24.9 Å². The Morgan fingerprint density at radius 2 is 2.44 bits per heavy atom. The fourth-order valence-electron chi connectivity index (χ4n) is 1.69. The number of anilines is 1. The van der Waals surface area contributed by atoms with Gasteiger partial charge < -0.3 is 20.7 Å². The van der Waals surface area contributed by atoms with Gasteiger partial charge in [-0.3, -0.25) is 4.79 Å². The van der Waals surface area contributed by atoms with Crippen LogP contribution >= 0.6 is 0 Å². The third-order valence-corrected chi connectivity index (χ3v) is 2.48. The number of nitrogen functional groups attached to an aromatic ring is 1. The molecule has 0 bridgehead atoms. The maximum Gasteiger partial charge on any atom is 0.275 e. The number of aromatic nitrogens is 3. The summed E-state index contributed by atoms with van der Waals surface area (Å²) < 4.78 is 6.39. The fourth-order valence-corrected chi connectivity index (χ4v) is 1.69. The number of aliphatic hydroxyl groups excluding tert-OH is 2. The molecule has 88 valence electrons. The molecule has 0 aromatic carbocycles. The summed E-state index contributed by atoms with van der Waals surface area (Å²) in [4.78, 5) is 11.5. The first-order valence-corrected chi connectivity index (χ1v) is 4.77. The monoisotopic (exact) mass is 228 g/mol. The number of hydrogen-bond donors (Lipinski definition) is 3. The Hall–Kier alpha value is -1.51. The largest absolute Gasteiger partial charge is 0.394 e. The van der Waals surface area contributed by atoms with E-state index in [1.165, 1.54) is 0 Å². The maximum atomic E-state index is 11.5. The van der Waals surface area contributed by atoms with Crippen LogP contribution in [0, 0.1) is 0 Å². The van der Waals surface area contributed by atoms with Gasteiger partial charge in [-0.25, -0.2) is 4.57 Å². The molecular formula is C8H12N4O4. The molecule has 1 aromatic heterocycles. The fraction of sp³-hybridized carbons (Fsp3) is 0.625. The van der Waals surface area contributed by atoms with Crippen LogP contribution in [0.5, 0.6) is 0 Å². The van der Waals surface area contributed by atoms with E-state index in [1.54, 1.807) is 0 Å². The second kappa shape index (κ2) is 4.16. The zero-order chi connectivity index (χ0) is 11.7. The summed E-state index contributed by atoms with van der Waals surface area (Å²) in [5.74, 6) is -0.0803. The molecule has 0 spiro atoms. The third kappa shape index (κ3) is 1.77. The van der Waals surface area contributed by atoms with E-state index in [-0.39, 0.29) is 19.0 Å². The summed E-state index contributed by atoms with van der Waals surface area (Å²) in [6.45, 7) is -0.315. The lowest BCUT2D eigenvalue weighted by molar-refractivity contribution is -0.0451. The van der Waals surface area contributed by atoms with Crippen LogP contribution in [0.4, 0.5) is 5.95 Å². The van der Waals surface area contributed by atoms with Gasteiger partial charge in [-0.15, -0.1) is 10.2 Å². The second-order valence-electron chi connectivity index (χ2n) is 3.53. The Morgan fingerprint density at radius 3 is 3.00 bits per heavy atom. The topological polar surface area (TPSA) is 123 Å². The molecule has 1 aliphatic rings. The average molecular weight is 228 g/mol. The lowest BCUT2D eigenvalue weighted by Gasteiger charge is -2.15. The van der Waals surface area contributed by atoms with Gasteiger partial charge in [0.15, 0.2) is 0 Å². The predicted octanol–water partition coefficient (Wildman–Crippen LogP) is -2.14. The molecule has 0 saturated carbocycles. The molecule has 1 aromatic rings. The van der Waals surface area contributed by atoms with Crippen molar-refractivity contribution >= 4 is 5.95 Å². The van der Waals surface area contributed by atoms with Gasteiger partial charge >= 0.3 is 0 Å². The number of hydrogen-bond acceptors (Lipinski definition) is 7. The van der Waals surface area contributed by atoms with E-state index in [4.69, 9.17) is 15.6 Å². The zero-order valence-electron chi connectivity index (χ0n) is 8.35. The smallest absolute Gasteiger partial charge is 0.275 e. The lowest BCUT2D eigenvalue weighted by atomic mass is 10.2. The highest BCUT2D eigenvalue weighted by molar-refractivity contribution is 5.14. The summed E-state index contributed by atoms with van der Waals surface area (Å²) >= 11 is 0. The van der Waals surface area contributed by atoms with Crippen molar-refractivity contribution < 1.29 is 14.9 Å². The third-order valence-electron chi connectivity index (χ3n) is 2.48. The van der Waals surface area contributed by atoms with Crippen LogP contribution in [0.3, 0.4) is 0 Å².